The molecule has 4 rings (SSSR count). The number of thioether (sulfide) groups is 1. The van der Waals surface area contributed by atoms with Gasteiger partial charge in [-0.05, 0) is 24.1 Å². The van der Waals surface area contributed by atoms with Crippen molar-refractivity contribution in [3.05, 3.63) is 60.2 Å². The van der Waals surface area contributed by atoms with Crippen LogP contribution in [0.4, 0.5) is 10.5 Å². The summed E-state index contributed by atoms with van der Waals surface area (Å²) in [6.45, 7) is -0.414. The van der Waals surface area contributed by atoms with Gasteiger partial charge < -0.3 is 10.2 Å². The number of imide groups is 1. The van der Waals surface area contributed by atoms with Crippen LogP contribution < -0.4 is 10.2 Å². The van der Waals surface area contributed by atoms with Gasteiger partial charge in [0.25, 0.3) is 5.91 Å². The first-order valence-corrected chi connectivity index (χ1v) is 13.2. The first-order valence-electron chi connectivity index (χ1n) is 10.1. The average molecular weight is 474 g/mol. The number of nitrogens with one attached hydrogen (secondary N) is 1. The van der Waals surface area contributed by atoms with Crippen molar-refractivity contribution in [2.75, 3.05) is 29.2 Å². The number of amides is 4. The zero-order chi connectivity index (χ0) is 22.9. The van der Waals surface area contributed by atoms with Crippen molar-refractivity contribution >= 4 is 45.1 Å². The van der Waals surface area contributed by atoms with Gasteiger partial charge in [0.15, 0.2) is 0 Å². The number of rotatable bonds is 6. The highest BCUT2D eigenvalue weighted by Crippen LogP contribution is 2.43. The maximum atomic E-state index is 13.5. The first kappa shape index (κ1) is 22.3. The molecule has 1 fully saturated rings. The van der Waals surface area contributed by atoms with Crippen LogP contribution in [0.1, 0.15) is 18.0 Å². The lowest BCUT2D eigenvalue weighted by Gasteiger charge is -2.37. The highest BCUT2D eigenvalue weighted by Gasteiger charge is 2.41. The molecule has 4 amide bonds. The predicted molar refractivity (Wildman–Crippen MR) is 122 cm³/mol. The second kappa shape index (κ2) is 8.95. The molecule has 0 bridgehead atoms. The molecule has 0 aliphatic carbocycles. The Morgan fingerprint density at radius 3 is 2.50 bits per heavy atom. The smallest absolute Gasteiger partial charge is 0.325 e. The summed E-state index contributed by atoms with van der Waals surface area (Å²) in [6.07, 6.45) is 1.05. The Labute approximate surface area is 190 Å². The van der Waals surface area contributed by atoms with Gasteiger partial charge in [-0.1, -0.05) is 42.5 Å². The largest absolute Gasteiger partial charge is 0.326 e. The minimum Gasteiger partial charge on any atom is -0.326 e. The molecule has 0 radical (unpaired) electrons. The summed E-state index contributed by atoms with van der Waals surface area (Å²) in [7, 11) is -3.28. The summed E-state index contributed by atoms with van der Waals surface area (Å²) in [5.41, 5.74) is 1.70. The number of hydrogen-bond acceptors (Lipinski definition) is 6. The molecule has 2 heterocycles. The van der Waals surface area contributed by atoms with Crippen LogP contribution >= 0.6 is 11.8 Å². The van der Waals surface area contributed by atoms with E-state index in [0.29, 0.717) is 5.75 Å². The van der Waals surface area contributed by atoms with Crippen LogP contribution in [0.5, 0.6) is 0 Å². The molecule has 0 aromatic heterocycles. The summed E-state index contributed by atoms with van der Waals surface area (Å²) in [6, 6.07) is 15.3. The molecule has 0 spiro atoms. The molecule has 0 saturated carbocycles. The summed E-state index contributed by atoms with van der Waals surface area (Å²) in [5.74, 6) is -0.538. The molecule has 32 heavy (non-hydrogen) atoms. The van der Waals surface area contributed by atoms with Gasteiger partial charge in [-0.15, -0.1) is 11.8 Å². The Morgan fingerprint density at radius 1 is 1.09 bits per heavy atom. The zero-order valence-electron chi connectivity index (χ0n) is 17.4. The van der Waals surface area contributed by atoms with Crippen LogP contribution in [0.2, 0.25) is 0 Å². The second-order valence-corrected chi connectivity index (χ2v) is 11.1. The van der Waals surface area contributed by atoms with E-state index in [2.05, 4.69) is 5.32 Å². The maximum absolute atomic E-state index is 13.5. The third-order valence-electron chi connectivity index (χ3n) is 5.46. The van der Waals surface area contributed by atoms with Crippen molar-refractivity contribution in [1.29, 1.82) is 0 Å². The Kier molecular flexibility index (Phi) is 6.25. The minimum atomic E-state index is -3.28. The lowest BCUT2D eigenvalue weighted by molar-refractivity contribution is -0.131. The van der Waals surface area contributed by atoms with E-state index in [0.717, 1.165) is 27.3 Å². The fraction of sp³-hybridized carbons (Fsp3) is 0.318. The molecule has 2 aliphatic heterocycles. The summed E-state index contributed by atoms with van der Waals surface area (Å²) < 4.78 is 22.9. The number of anilines is 1. The monoisotopic (exact) mass is 473 g/mol. The van der Waals surface area contributed by atoms with E-state index in [1.165, 1.54) is 0 Å². The Morgan fingerprint density at radius 2 is 1.78 bits per heavy atom. The van der Waals surface area contributed by atoms with E-state index >= 15 is 0 Å². The van der Waals surface area contributed by atoms with E-state index in [9.17, 15) is 22.8 Å². The SMILES string of the molecule is CS(=O)(=O)CC[C@@H]1NC(=O)N(CC(=O)N2c3ccccc3SC[C@H]2c2ccccc2)C1=O. The number of hydrogen-bond donors (Lipinski definition) is 1. The quantitative estimate of drug-likeness (QED) is 0.646. The number of sulfone groups is 1. The topological polar surface area (TPSA) is 104 Å². The van der Waals surface area contributed by atoms with Crippen LogP contribution in [0, 0.1) is 0 Å². The molecule has 1 saturated heterocycles. The van der Waals surface area contributed by atoms with Crippen molar-refractivity contribution in [3.8, 4) is 0 Å². The second-order valence-electron chi connectivity index (χ2n) is 7.81. The molecule has 0 unspecified atom stereocenters. The van der Waals surface area contributed by atoms with Crippen LogP contribution in [0.3, 0.4) is 0 Å². The van der Waals surface area contributed by atoms with Crippen LogP contribution in [0.25, 0.3) is 0 Å². The molecule has 168 valence electrons. The average Bonchev–Trinajstić information content (AvgIpc) is 3.04. The predicted octanol–water partition coefficient (Wildman–Crippen LogP) is 2.22. The van der Waals surface area contributed by atoms with E-state index < -0.39 is 34.4 Å². The number of fused-ring (bicyclic) bond motifs is 1. The molecule has 2 aliphatic rings. The van der Waals surface area contributed by atoms with Gasteiger partial charge in [0, 0.05) is 16.9 Å². The van der Waals surface area contributed by atoms with Gasteiger partial charge in [-0.25, -0.2) is 13.2 Å². The molecule has 2 aromatic carbocycles. The number of carbonyl (C=O) groups excluding carboxylic acids is 3. The van der Waals surface area contributed by atoms with Crippen molar-refractivity contribution in [2.45, 2.75) is 23.4 Å². The summed E-state index contributed by atoms with van der Waals surface area (Å²) in [4.78, 5) is 42.1. The molecular formula is C22H23N3O5S2. The van der Waals surface area contributed by atoms with Gasteiger partial charge in [-0.3, -0.25) is 14.5 Å². The number of para-hydroxylation sites is 1. The lowest BCUT2D eigenvalue weighted by atomic mass is 10.1. The number of urea groups is 1. The van der Waals surface area contributed by atoms with Crippen molar-refractivity contribution < 1.29 is 22.8 Å². The maximum Gasteiger partial charge on any atom is 0.325 e. The highest BCUT2D eigenvalue weighted by atomic mass is 32.2. The molecule has 2 aromatic rings. The third kappa shape index (κ3) is 4.66. The first-order chi connectivity index (χ1) is 15.2. The molecule has 10 heteroatoms. The van der Waals surface area contributed by atoms with E-state index in [1.807, 2.05) is 54.6 Å². The Bertz CT molecular complexity index is 1150. The Hall–Kier alpha value is -2.85. The minimum absolute atomic E-state index is 0.0239. The van der Waals surface area contributed by atoms with Crippen molar-refractivity contribution in [1.82, 2.24) is 10.2 Å². The van der Waals surface area contributed by atoms with E-state index in [4.69, 9.17) is 0 Å². The molecular weight excluding hydrogens is 450 g/mol. The van der Waals surface area contributed by atoms with Crippen molar-refractivity contribution in [3.63, 3.8) is 0 Å². The third-order valence-corrected chi connectivity index (χ3v) is 7.58. The van der Waals surface area contributed by atoms with Crippen LogP contribution in [-0.4, -0.2) is 61.5 Å². The lowest BCUT2D eigenvalue weighted by Crippen LogP contribution is -2.46. The van der Waals surface area contributed by atoms with Gasteiger partial charge in [0.2, 0.25) is 5.91 Å². The van der Waals surface area contributed by atoms with Crippen molar-refractivity contribution in [2.24, 2.45) is 0 Å². The zero-order valence-corrected chi connectivity index (χ0v) is 19.1. The number of carbonyl (C=O) groups is 3. The fourth-order valence-corrected chi connectivity index (χ4v) is 5.72. The molecule has 2 atom stereocenters. The molecule has 8 nitrogen and oxygen atoms in total. The number of benzene rings is 2. The van der Waals surface area contributed by atoms with E-state index in [-0.39, 0.29) is 24.1 Å². The van der Waals surface area contributed by atoms with Crippen LogP contribution in [-0.2, 0) is 19.4 Å². The van der Waals surface area contributed by atoms with Gasteiger partial charge in [0.05, 0.1) is 17.5 Å². The van der Waals surface area contributed by atoms with E-state index in [1.54, 1.807) is 16.7 Å². The highest BCUT2D eigenvalue weighted by molar-refractivity contribution is 7.99. The van der Waals surface area contributed by atoms with Crippen LogP contribution in [0.15, 0.2) is 59.5 Å². The van der Waals surface area contributed by atoms with Gasteiger partial charge >= 0.3 is 6.03 Å². The fourth-order valence-electron chi connectivity index (χ4n) is 3.88. The van der Waals surface area contributed by atoms with Gasteiger partial charge in [0.1, 0.15) is 22.4 Å². The normalized spacial score (nSPS) is 20.8. The number of nitrogens with zero attached hydrogens (tertiary/aromatic N) is 2. The molecule has 1 N–H and O–H groups in total. The Balaban J connectivity index is 1.57. The summed E-state index contributed by atoms with van der Waals surface area (Å²) >= 11 is 1.66. The summed E-state index contributed by atoms with van der Waals surface area (Å²) in [5, 5.41) is 2.49. The van der Waals surface area contributed by atoms with Gasteiger partial charge in [-0.2, -0.15) is 0 Å². The standard InChI is InChI=1S/C22H23N3O5S2/c1-32(29,30)12-11-16-21(27)24(22(28)23-16)13-20(26)25-17-9-5-6-10-19(17)31-14-18(25)15-7-3-2-4-8-15/h2-10,16,18H,11-14H2,1H3,(H,23,28)/t16-,18-/m0/s1.